The maximum absolute atomic E-state index is 13.1. The van der Waals surface area contributed by atoms with Gasteiger partial charge in [0.15, 0.2) is 0 Å². The summed E-state index contributed by atoms with van der Waals surface area (Å²) in [6, 6.07) is 5.69. The van der Waals surface area contributed by atoms with Gasteiger partial charge >= 0.3 is 5.97 Å². The number of ether oxygens (including phenoxy) is 3. The van der Waals surface area contributed by atoms with E-state index >= 15 is 0 Å². The topological polar surface area (TPSA) is 114 Å². The monoisotopic (exact) mass is 561 g/mol. The van der Waals surface area contributed by atoms with Crippen LogP contribution in [0.4, 0.5) is 5.00 Å². The highest BCUT2D eigenvalue weighted by Crippen LogP contribution is 2.37. The number of anilines is 1. The lowest BCUT2D eigenvalue weighted by Crippen LogP contribution is -2.36. The van der Waals surface area contributed by atoms with E-state index in [9.17, 15) is 18.0 Å². The standard InChI is InChI=1S/C23H31N3O7S2.ClH/c1-25-10-9-18-19(15-25)34-22(20(18)23(28)33-4)24-21(27)16-5-7-17(8-6-16)35(29,30)26(11-13-31-2)12-14-32-3;/h5-8H,9-15H2,1-4H3,(H,24,27);1H. The van der Waals surface area contributed by atoms with Crippen molar-refractivity contribution in [2.45, 2.75) is 17.9 Å². The molecule has 1 aliphatic heterocycles. The quantitative estimate of drug-likeness (QED) is 0.416. The van der Waals surface area contributed by atoms with E-state index in [1.165, 1.54) is 61.2 Å². The van der Waals surface area contributed by atoms with E-state index in [0.29, 0.717) is 23.5 Å². The molecule has 0 aliphatic carbocycles. The Balaban J connectivity index is 0.00000456. The van der Waals surface area contributed by atoms with Crippen LogP contribution in [0.1, 0.15) is 31.2 Å². The fourth-order valence-corrected chi connectivity index (χ4v) is 6.50. The molecule has 1 aromatic carbocycles. The lowest BCUT2D eigenvalue weighted by molar-refractivity contribution is 0.0600. The Morgan fingerprint density at radius 3 is 2.25 bits per heavy atom. The summed E-state index contributed by atoms with van der Waals surface area (Å²) in [5.41, 5.74) is 1.56. The first-order valence-corrected chi connectivity index (χ1v) is 13.3. The zero-order valence-electron chi connectivity index (χ0n) is 20.7. The number of fused-ring (bicyclic) bond motifs is 1. The van der Waals surface area contributed by atoms with Crippen molar-refractivity contribution in [3.63, 3.8) is 0 Å². The molecule has 0 fully saturated rings. The number of hydrogen-bond donors (Lipinski definition) is 1. The lowest BCUT2D eigenvalue weighted by atomic mass is 10.0. The van der Waals surface area contributed by atoms with Crippen molar-refractivity contribution in [3.05, 3.63) is 45.8 Å². The number of likely N-dealkylation sites (N-methyl/N-ethyl adjacent to an activating group) is 1. The predicted molar refractivity (Wildman–Crippen MR) is 140 cm³/mol. The van der Waals surface area contributed by atoms with Gasteiger partial charge in [0, 0.05) is 50.8 Å². The summed E-state index contributed by atoms with van der Waals surface area (Å²) in [6.45, 7) is 2.34. The van der Waals surface area contributed by atoms with Crippen molar-refractivity contribution in [2.24, 2.45) is 0 Å². The first kappa shape index (κ1) is 30.2. The van der Waals surface area contributed by atoms with Gasteiger partial charge in [0.05, 0.1) is 30.8 Å². The summed E-state index contributed by atoms with van der Waals surface area (Å²) in [5, 5.41) is 3.25. The number of carbonyl (C=O) groups excluding carboxylic acids is 2. The number of esters is 1. The van der Waals surface area contributed by atoms with Gasteiger partial charge in [0.2, 0.25) is 10.0 Å². The third-order valence-corrected chi connectivity index (χ3v) is 8.75. The van der Waals surface area contributed by atoms with E-state index in [1.54, 1.807) is 0 Å². The molecule has 36 heavy (non-hydrogen) atoms. The van der Waals surface area contributed by atoms with Crippen molar-refractivity contribution < 1.29 is 32.2 Å². The van der Waals surface area contributed by atoms with E-state index in [1.807, 2.05) is 7.05 Å². The van der Waals surface area contributed by atoms with Crippen LogP contribution in [0.3, 0.4) is 0 Å². The van der Waals surface area contributed by atoms with Crippen LogP contribution in [-0.4, -0.2) is 90.7 Å². The second-order valence-electron chi connectivity index (χ2n) is 8.06. The summed E-state index contributed by atoms with van der Waals surface area (Å²) in [4.78, 5) is 28.7. The normalized spacial score (nSPS) is 13.7. The number of halogens is 1. The molecule has 200 valence electrons. The summed E-state index contributed by atoms with van der Waals surface area (Å²) < 4.78 is 42.4. The molecule has 0 unspecified atom stereocenters. The van der Waals surface area contributed by atoms with Crippen molar-refractivity contribution >= 4 is 50.6 Å². The molecule has 3 rings (SSSR count). The van der Waals surface area contributed by atoms with Crippen LogP contribution in [0.2, 0.25) is 0 Å². The predicted octanol–water partition coefficient (Wildman–Crippen LogP) is 2.48. The summed E-state index contributed by atoms with van der Waals surface area (Å²) in [6.07, 6.45) is 0.692. The second-order valence-corrected chi connectivity index (χ2v) is 11.1. The number of hydrogen-bond acceptors (Lipinski definition) is 9. The fraction of sp³-hybridized carbons (Fsp3) is 0.478. The van der Waals surface area contributed by atoms with Gasteiger partial charge in [0.1, 0.15) is 5.00 Å². The molecule has 1 N–H and O–H groups in total. The van der Waals surface area contributed by atoms with Crippen LogP contribution >= 0.6 is 23.7 Å². The molecule has 0 spiro atoms. The molecule has 0 radical (unpaired) electrons. The minimum Gasteiger partial charge on any atom is -0.465 e. The van der Waals surface area contributed by atoms with Gasteiger partial charge in [-0.2, -0.15) is 4.31 Å². The smallest absolute Gasteiger partial charge is 0.341 e. The molecule has 1 aromatic heterocycles. The minimum atomic E-state index is -3.80. The second kappa shape index (κ2) is 13.5. The van der Waals surface area contributed by atoms with Crippen LogP contribution in [-0.2, 0) is 37.2 Å². The first-order chi connectivity index (χ1) is 16.7. The maximum atomic E-state index is 13.1. The molecule has 13 heteroatoms. The van der Waals surface area contributed by atoms with Crippen molar-refractivity contribution in [3.8, 4) is 0 Å². The number of methoxy groups -OCH3 is 3. The fourth-order valence-electron chi connectivity index (χ4n) is 3.78. The van der Waals surface area contributed by atoms with Gasteiger partial charge in [-0.15, -0.1) is 23.7 Å². The van der Waals surface area contributed by atoms with E-state index in [0.717, 1.165) is 17.0 Å². The van der Waals surface area contributed by atoms with E-state index in [-0.39, 0.29) is 49.2 Å². The van der Waals surface area contributed by atoms with Gasteiger partial charge in [0.25, 0.3) is 5.91 Å². The Labute approximate surface area is 222 Å². The third kappa shape index (κ3) is 6.82. The van der Waals surface area contributed by atoms with Gasteiger partial charge in [-0.05, 0) is 43.3 Å². The zero-order chi connectivity index (χ0) is 25.6. The molecule has 1 amide bonds. The van der Waals surface area contributed by atoms with Crippen molar-refractivity contribution in [2.75, 3.05) is 66.5 Å². The van der Waals surface area contributed by atoms with Crippen LogP contribution in [0, 0.1) is 0 Å². The highest BCUT2D eigenvalue weighted by Gasteiger charge is 2.29. The van der Waals surface area contributed by atoms with Gasteiger partial charge in [-0.1, -0.05) is 0 Å². The molecule has 0 saturated carbocycles. The largest absolute Gasteiger partial charge is 0.465 e. The molecule has 0 saturated heterocycles. The molecular formula is C23H32ClN3O7S2. The molecular weight excluding hydrogens is 530 g/mol. The number of sulfonamides is 1. The number of amides is 1. The Morgan fingerprint density at radius 2 is 1.69 bits per heavy atom. The average Bonchev–Trinajstić information content (AvgIpc) is 3.20. The molecule has 10 nitrogen and oxygen atoms in total. The minimum absolute atomic E-state index is 0. The Bertz CT molecular complexity index is 1150. The number of rotatable bonds is 11. The van der Waals surface area contributed by atoms with Crippen LogP contribution in [0.15, 0.2) is 29.2 Å². The Kier molecular flexibility index (Phi) is 11.3. The highest BCUT2D eigenvalue weighted by atomic mass is 35.5. The van der Waals surface area contributed by atoms with Crippen LogP contribution < -0.4 is 5.32 Å². The summed E-state index contributed by atoms with van der Waals surface area (Å²) in [7, 11) is 2.52. The average molecular weight is 562 g/mol. The van der Waals surface area contributed by atoms with Crippen molar-refractivity contribution in [1.82, 2.24) is 9.21 Å². The van der Waals surface area contributed by atoms with Gasteiger partial charge in [-0.25, -0.2) is 13.2 Å². The van der Waals surface area contributed by atoms with E-state index < -0.39 is 21.9 Å². The molecule has 2 aromatic rings. The van der Waals surface area contributed by atoms with Gasteiger partial charge < -0.3 is 24.4 Å². The van der Waals surface area contributed by atoms with Crippen LogP contribution in [0.5, 0.6) is 0 Å². The molecule has 2 heterocycles. The highest BCUT2D eigenvalue weighted by molar-refractivity contribution is 7.89. The Morgan fingerprint density at radius 1 is 1.08 bits per heavy atom. The van der Waals surface area contributed by atoms with Crippen molar-refractivity contribution in [1.29, 1.82) is 0 Å². The van der Waals surface area contributed by atoms with E-state index in [2.05, 4.69) is 10.2 Å². The number of thiophene rings is 1. The lowest BCUT2D eigenvalue weighted by Gasteiger charge is -2.22. The number of benzene rings is 1. The third-order valence-electron chi connectivity index (χ3n) is 5.71. The summed E-state index contributed by atoms with van der Waals surface area (Å²) in [5.74, 6) is -0.933. The number of nitrogens with zero attached hydrogens (tertiary/aromatic N) is 2. The zero-order valence-corrected chi connectivity index (χ0v) is 23.2. The van der Waals surface area contributed by atoms with Crippen LogP contribution in [0.25, 0.3) is 0 Å². The Hall–Kier alpha value is -2.06. The summed E-state index contributed by atoms with van der Waals surface area (Å²) >= 11 is 1.36. The molecule has 1 aliphatic rings. The number of carbonyl (C=O) groups is 2. The van der Waals surface area contributed by atoms with Gasteiger partial charge in [-0.3, -0.25) is 4.79 Å². The first-order valence-electron chi connectivity index (χ1n) is 11.0. The SMILES string of the molecule is COCCN(CCOC)S(=O)(=O)c1ccc(C(=O)Nc2sc3c(c2C(=O)OC)CCN(C)C3)cc1.Cl. The number of nitrogens with one attached hydrogen (secondary N) is 1. The van der Waals surface area contributed by atoms with E-state index in [4.69, 9.17) is 14.2 Å². The molecule has 0 bridgehead atoms. The maximum Gasteiger partial charge on any atom is 0.341 e. The molecule has 0 atom stereocenters.